The number of rotatable bonds is 1. The highest BCUT2D eigenvalue weighted by Crippen LogP contribution is 2.28. The van der Waals surface area contributed by atoms with Crippen LogP contribution in [0.15, 0.2) is 35.1 Å². The van der Waals surface area contributed by atoms with E-state index in [9.17, 15) is 14.4 Å². The summed E-state index contributed by atoms with van der Waals surface area (Å²) in [6.45, 7) is 2.57. The van der Waals surface area contributed by atoms with E-state index in [1.165, 1.54) is 6.07 Å². The van der Waals surface area contributed by atoms with Crippen molar-refractivity contribution in [2.45, 2.75) is 32.6 Å². The van der Waals surface area contributed by atoms with Crippen LogP contribution in [-0.4, -0.2) is 23.2 Å². The summed E-state index contributed by atoms with van der Waals surface area (Å²) in [5.41, 5.74) is 2.76. The molecule has 0 spiro atoms. The largest absolute Gasteiger partial charge is 0.325 e. The van der Waals surface area contributed by atoms with Gasteiger partial charge in [0.1, 0.15) is 5.56 Å². The highest BCUT2D eigenvalue weighted by Gasteiger charge is 2.29. The van der Waals surface area contributed by atoms with Crippen LogP contribution in [0.5, 0.6) is 0 Å². The molecule has 2 heterocycles. The van der Waals surface area contributed by atoms with Crippen LogP contribution in [0.25, 0.3) is 0 Å². The Morgan fingerprint density at radius 3 is 2.84 bits per heavy atom. The number of Topliss-reactive ketones (excluding diaryl/α,β-unsaturated/α-hetero) is 1. The van der Waals surface area contributed by atoms with Gasteiger partial charge in [0, 0.05) is 29.9 Å². The Balaban J connectivity index is 1.76. The van der Waals surface area contributed by atoms with E-state index in [1.54, 1.807) is 4.90 Å². The van der Waals surface area contributed by atoms with Gasteiger partial charge in [-0.05, 0) is 42.9 Å². The lowest BCUT2D eigenvalue weighted by molar-refractivity contribution is 0.0952. The van der Waals surface area contributed by atoms with Gasteiger partial charge in [-0.25, -0.2) is 0 Å². The molecule has 0 saturated heterocycles. The zero-order valence-electron chi connectivity index (χ0n) is 14.2. The zero-order chi connectivity index (χ0) is 17.6. The van der Waals surface area contributed by atoms with Crippen molar-refractivity contribution in [3.8, 4) is 0 Å². The minimum atomic E-state index is -0.409. The number of nitrogens with one attached hydrogen (secondary N) is 1. The first kappa shape index (κ1) is 15.8. The van der Waals surface area contributed by atoms with Crippen molar-refractivity contribution < 1.29 is 9.59 Å². The third kappa shape index (κ3) is 2.69. The number of hydrogen-bond donors (Lipinski definition) is 1. The Bertz CT molecular complexity index is 929. The fraction of sp³-hybridized carbons (Fsp3) is 0.350. The zero-order valence-corrected chi connectivity index (χ0v) is 14.2. The predicted molar refractivity (Wildman–Crippen MR) is 95.3 cm³/mol. The molecule has 1 N–H and O–H groups in total. The number of carbonyl (C=O) groups excluding carboxylic acids is 2. The van der Waals surface area contributed by atoms with Crippen molar-refractivity contribution in [3.05, 3.63) is 63.1 Å². The number of amides is 1. The van der Waals surface area contributed by atoms with Gasteiger partial charge in [0.05, 0.1) is 0 Å². The molecular weight excluding hydrogens is 316 g/mol. The second-order valence-corrected chi connectivity index (χ2v) is 7.03. The molecule has 4 rings (SSSR count). The van der Waals surface area contributed by atoms with Gasteiger partial charge in [0.15, 0.2) is 5.78 Å². The first-order valence-corrected chi connectivity index (χ1v) is 8.74. The van der Waals surface area contributed by atoms with Gasteiger partial charge in [-0.15, -0.1) is 0 Å². The molecule has 1 aromatic carbocycles. The third-order valence-corrected chi connectivity index (χ3v) is 5.10. The number of aryl methyl sites for hydroxylation is 1. The molecule has 0 fully saturated rings. The van der Waals surface area contributed by atoms with Crippen molar-refractivity contribution in [2.75, 3.05) is 11.4 Å². The molecule has 1 aliphatic heterocycles. The first-order chi connectivity index (χ1) is 12.0. The van der Waals surface area contributed by atoms with Gasteiger partial charge < -0.3 is 9.88 Å². The minimum Gasteiger partial charge on any atom is -0.325 e. The van der Waals surface area contributed by atoms with Gasteiger partial charge in [0.25, 0.3) is 11.5 Å². The second kappa shape index (κ2) is 5.99. The van der Waals surface area contributed by atoms with Gasteiger partial charge in [-0.2, -0.15) is 0 Å². The van der Waals surface area contributed by atoms with Crippen LogP contribution in [0.1, 0.15) is 51.7 Å². The summed E-state index contributed by atoms with van der Waals surface area (Å²) in [7, 11) is 0. The Kier molecular flexibility index (Phi) is 3.79. The molecule has 0 bridgehead atoms. The molecule has 25 heavy (non-hydrogen) atoms. The number of H-pyrrole nitrogens is 1. The van der Waals surface area contributed by atoms with Gasteiger partial charge >= 0.3 is 0 Å². The number of anilines is 1. The predicted octanol–water partition coefficient (Wildman–Crippen LogP) is 2.73. The third-order valence-electron chi connectivity index (χ3n) is 5.10. The van der Waals surface area contributed by atoms with Crippen LogP contribution in [0.4, 0.5) is 5.69 Å². The van der Waals surface area contributed by atoms with E-state index in [0.717, 1.165) is 24.1 Å². The molecule has 1 unspecified atom stereocenters. The fourth-order valence-corrected chi connectivity index (χ4v) is 3.87. The lowest BCUT2D eigenvalue weighted by Gasteiger charge is -2.29. The number of aromatic amines is 1. The van der Waals surface area contributed by atoms with Gasteiger partial charge in [-0.1, -0.05) is 25.1 Å². The van der Waals surface area contributed by atoms with Crippen molar-refractivity contribution in [1.82, 2.24) is 4.98 Å². The van der Waals surface area contributed by atoms with Crippen molar-refractivity contribution in [2.24, 2.45) is 5.92 Å². The summed E-state index contributed by atoms with van der Waals surface area (Å²) in [6.07, 6.45) is 2.91. The monoisotopic (exact) mass is 336 g/mol. The molecule has 1 aromatic heterocycles. The van der Waals surface area contributed by atoms with Crippen molar-refractivity contribution >= 4 is 17.4 Å². The summed E-state index contributed by atoms with van der Waals surface area (Å²) in [5.74, 6) is -0.119. The number of nitrogens with zero attached hydrogens (tertiary/aromatic N) is 1. The number of ketones is 1. The number of hydrogen-bond acceptors (Lipinski definition) is 3. The standard InChI is InChI=1S/C20H20N2O3/c1-12-9-16-14(18(23)10-12)11-15(19(24)21-16)20(25)22-8-4-6-13-5-2-3-7-17(13)22/h2-3,5,7,11-12H,4,6,8-10H2,1H3,(H,21,24). The molecule has 1 amide bonds. The second-order valence-electron chi connectivity index (χ2n) is 7.03. The van der Waals surface area contributed by atoms with Gasteiger partial charge in [-0.3, -0.25) is 14.4 Å². The Labute approximate surface area is 145 Å². The van der Waals surface area contributed by atoms with E-state index >= 15 is 0 Å². The van der Waals surface area contributed by atoms with Crippen LogP contribution in [-0.2, 0) is 12.8 Å². The van der Waals surface area contributed by atoms with E-state index in [-0.39, 0.29) is 23.2 Å². The van der Waals surface area contributed by atoms with Crippen LogP contribution in [0.2, 0.25) is 0 Å². The summed E-state index contributed by atoms with van der Waals surface area (Å²) in [5, 5.41) is 0. The molecule has 128 valence electrons. The average molecular weight is 336 g/mol. The molecule has 0 radical (unpaired) electrons. The average Bonchev–Trinajstić information content (AvgIpc) is 2.60. The Morgan fingerprint density at radius 2 is 2.00 bits per heavy atom. The summed E-state index contributed by atoms with van der Waals surface area (Å²) < 4.78 is 0. The molecule has 2 aliphatic rings. The molecule has 1 atom stereocenters. The molecule has 1 aliphatic carbocycles. The van der Waals surface area contributed by atoms with Crippen LogP contribution in [0, 0.1) is 5.92 Å². The van der Waals surface area contributed by atoms with Crippen molar-refractivity contribution in [3.63, 3.8) is 0 Å². The number of carbonyl (C=O) groups is 2. The topological polar surface area (TPSA) is 70.2 Å². The lowest BCUT2D eigenvalue weighted by Crippen LogP contribution is -2.39. The molecule has 2 aromatic rings. The number of para-hydroxylation sites is 1. The Hall–Kier alpha value is -2.69. The fourth-order valence-electron chi connectivity index (χ4n) is 3.87. The smallest absolute Gasteiger partial charge is 0.263 e. The lowest BCUT2D eigenvalue weighted by atomic mass is 9.86. The maximum atomic E-state index is 13.0. The number of pyridine rings is 1. The number of benzene rings is 1. The van der Waals surface area contributed by atoms with Crippen molar-refractivity contribution in [1.29, 1.82) is 0 Å². The van der Waals surface area contributed by atoms with E-state index in [0.29, 0.717) is 30.6 Å². The highest BCUT2D eigenvalue weighted by atomic mass is 16.2. The molecular formula is C20H20N2O3. The minimum absolute atomic E-state index is 0.00176. The number of aromatic nitrogens is 1. The highest BCUT2D eigenvalue weighted by molar-refractivity contribution is 6.08. The Morgan fingerprint density at radius 1 is 1.20 bits per heavy atom. The van der Waals surface area contributed by atoms with Crippen LogP contribution < -0.4 is 10.5 Å². The van der Waals surface area contributed by atoms with Crippen LogP contribution >= 0.6 is 0 Å². The first-order valence-electron chi connectivity index (χ1n) is 8.74. The summed E-state index contributed by atoms with van der Waals surface area (Å²) in [4.78, 5) is 42.3. The maximum Gasteiger partial charge on any atom is 0.263 e. The van der Waals surface area contributed by atoms with E-state index in [4.69, 9.17) is 0 Å². The van der Waals surface area contributed by atoms with Gasteiger partial charge in [0.2, 0.25) is 0 Å². The quantitative estimate of drug-likeness (QED) is 0.870. The maximum absolute atomic E-state index is 13.0. The van der Waals surface area contributed by atoms with E-state index < -0.39 is 5.56 Å². The number of fused-ring (bicyclic) bond motifs is 2. The summed E-state index contributed by atoms with van der Waals surface area (Å²) in [6, 6.07) is 9.27. The normalized spacial score (nSPS) is 19.3. The molecule has 0 saturated carbocycles. The van der Waals surface area contributed by atoms with E-state index in [2.05, 4.69) is 4.98 Å². The SMILES string of the molecule is CC1CC(=O)c2cc(C(=O)N3CCCc4ccccc43)c(=O)[nH]c2C1. The van der Waals surface area contributed by atoms with Crippen LogP contribution in [0.3, 0.4) is 0 Å². The molecule has 5 heteroatoms. The summed E-state index contributed by atoms with van der Waals surface area (Å²) >= 11 is 0. The van der Waals surface area contributed by atoms with E-state index in [1.807, 2.05) is 31.2 Å². The molecule has 5 nitrogen and oxygen atoms in total.